The van der Waals surface area contributed by atoms with Gasteiger partial charge in [0.25, 0.3) is 0 Å². The van der Waals surface area contributed by atoms with Crippen LogP contribution in [-0.2, 0) is 0 Å². The molecule has 0 spiro atoms. The zero-order valence-corrected chi connectivity index (χ0v) is 15.5. The average molecular weight is 357 g/mol. The number of nitrogens with one attached hydrogen (secondary N) is 1. The maximum Gasteiger partial charge on any atom is 0.0709 e. The minimum absolute atomic E-state index is 0.832. The van der Waals surface area contributed by atoms with Crippen molar-refractivity contribution in [1.29, 1.82) is 0 Å². The highest BCUT2D eigenvalue weighted by molar-refractivity contribution is 6.31. The van der Waals surface area contributed by atoms with Crippen LogP contribution in [-0.4, -0.2) is 50.8 Å². The second kappa shape index (κ2) is 7.24. The Morgan fingerprint density at radius 1 is 0.960 bits per heavy atom. The van der Waals surface area contributed by atoms with E-state index in [1.165, 1.54) is 17.1 Å². The van der Waals surface area contributed by atoms with Crippen LogP contribution in [0.1, 0.15) is 5.56 Å². The van der Waals surface area contributed by atoms with E-state index in [0.717, 1.165) is 56.5 Å². The van der Waals surface area contributed by atoms with Gasteiger partial charge in [0.15, 0.2) is 0 Å². The van der Waals surface area contributed by atoms with Crippen molar-refractivity contribution in [3.63, 3.8) is 0 Å². The Hall–Kier alpha value is -1.75. The van der Waals surface area contributed by atoms with Crippen LogP contribution in [0.4, 0.5) is 17.1 Å². The summed E-state index contributed by atoms with van der Waals surface area (Å²) in [6.07, 6.45) is 0. The van der Waals surface area contributed by atoms with Gasteiger partial charge in [0.1, 0.15) is 0 Å². The number of hydrogen-bond acceptors (Lipinski definition) is 4. The zero-order valence-electron chi connectivity index (χ0n) is 14.7. The smallest absolute Gasteiger partial charge is 0.0709 e. The van der Waals surface area contributed by atoms with Crippen molar-refractivity contribution in [3.05, 3.63) is 53.1 Å². The van der Waals surface area contributed by atoms with Crippen molar-refractivity contribution in [2.75, 3.05) is 55.7 Å². The van der Waals surface area contributed by atoms with Crippen molar-refractivity contribution in [3.8, 4) is 0 Å². The molecular formula is C20H25ClN4. The molecule has 0 aromatic heterocycles. The first-order chi connectivity index (χ1) is 12.2. The number of piperazine rings is 1. The molecule has 1 fully saturated rings. The molecule has 4 nitrogen and oxygen atoms in total. The van der Waals surface area contributed by atoms with Gasteiger partial charge in [0.2, 0.25) is 0 Å². The van der Waals surface area contributed by atoms with E-state index < -0.39 is 0 Å². The third kappa shape index (κ3) is 3.47. The Morgan fingerprint density at radius 3 is 2.48 bits per heavy atom. The number of aryl methyl sites for hydroxylation is 1. The van der Waals surface area contributed by atoms with Crippen LogP contribution < -0.4 is 15.1 Å². The molecule has 0 unspecified atom stereocenters. The number of nitrogens with zero attached hydrogens (tertiary/aromatic N) is 3. The van der Waals surface area contributed by atoms with Crippen molar-refractivity contribution < 1.29 is 0 Å². The number of hydrogen-bond donors (Lipinski definition) is 1. The predicted molar refractivity (Wildman–Crippen MR) is 106 cm³/mol. The Balaban J connectivity index is 1.61. The first-order valence-corrected chi connectivity index (χ1v) is 9.41. The molecule has 0 bridgehead atoms. The van der Waals surface area contributed by atoms with E-state index in [-0.39, 0.29) is 0 Å². The number of para-hydroxylation sites is 2. The monoisotopic (exact) mass is 356 g/mol. The highest BCUT2D eigenvalue weighted by atomic mass is 35.5. The fourth-order valence-corrected chi connectivity index (χ4v) is 3.85. The standard InChI is InChI=1S/C20H25ClN4/c1-16-6-7-17(14-18(16)21)25-13-12-24(15-23-10-8-22-9-11-23)19-4-2-3-5-20(19)25/h2-7,14,22H,8-13,15H2,1H3. The quantitative estimate of drug-likeness (QED) is 0.909. The molecule has 2 aliphatic rings. The first kappa shape index (κ1) is 16.7. The van der Waals surface area contributed by atoms with Gasteiger partial charge in [0, 0.05) is 50.0 Å². The highest BCUT2D eigenvalue weighted by Gasteiger charge is 2.25. The zero-order chi connectivity index (χ0) is 17.2. The fraction of sp³-hybridized carbons (Fsp3) is 0.400. The topological polar surface area (TPSA) is 21.8 Å². The normalized spacial score (nSPS) is 18.3. The van der Waals surface area contributed by atoms with Crippen molar-refractivity contribution >= 4 is 28.7 Å². The molecule has 2 aromatic carbocycles. The summed E-state index contributed by atoms with van der Waals surface area (Å²) in [6, 6.07) is 15.1. The van der Waals surface area contributed by atoms with Crippen LogP contribution >= 0.6 is 11.6 Å². The predicted octanol–water partition coefficient (Wildman–Crippen LogP) is 3.47. The number of anilines is 3. The lowest BCUT2D eigenvalue weighted by molar-refractivity contribution is 0.240. The van der Waals surface area contributed by atoms with Gasteiger partial charge >= 0.3 is 0 Å². The van der Waals surface area contributed by atoms with Crippen molar-refractivity contribution in [2.45, 2.75) is 6.92 Å². The van der Waals surface area contributed by atoms with Crippen LogP contribution in [0.5, 0.6) is 0 Å². The van der Waals surface area contributed by atoms with Gasteiger partial charge in [-0.25, -0.2) is 0 Å². The molecule has 132 valence electrons. The largest absolute Gasteiger partial charge is 0.355 e. The molecule has 0 atom stereocenters. The summed E-state index contributed by atoms with van der Waals surface area (Å²) in [5.74, 6) is 0. The SMILES string of the molecule is Cc1ccc(N2CCN(CN3CCNCC3)c3ccccc32)cc1Cl. The van der Waals surface area contributed by atoms with Crippen LogP contribution in [0, 0.1) is 6.92 Å². The van der Waals surface area contributed by atoms with Gasteiger partial charge < -0.3 is 15.1 Å². The van der Waals surface area contributed by atoms with Crippen molar-refractivity contribution in [2.24, 2.45) is 0 Å². The van der Waals surface area contributed by atoms with Gasteiger partial charge in [-0.15, -0.1) is 0 Å². The molecule has 4 rings (SSSR count). The van der Waals surface area contributed by atoms with E-state index in [4.69, 9.17) is 11.6 Å². The third-order valence-electron chi connectivity index (χ3n) is 5.15. The maximum atomic E-state index is 6.37. The lowest BCUT2D eigenvalue weighted by Gasteiger charge is -2.41. The lowest BCUT2D eigenvalue weighted by Crippen LogP contribution is -2.50. The summed E-state index contributed by atoms with van der Waals surface area (Å²) in [5.41, 5.74) is 4.87. The molecule has 0 saturated carbocycles. The van der Waals surface area contributed by atoms with Crippen LogP contribution in [0.25, 0.3) is 0 Å². The van der Waals surface area contributed by atoms with Crippen molar-refractivity contribution in [1.82, 2.24) is 10.2 Å². The molecule has 0 amide bonds. The van der Waals surface area contributed by atoms with Gasteiger partial charge in [-0.3, -0.25) is 4.90 Å². The molecule has 2 heterocycles. The maximum absolute atomic E-state index is 6.37. The first-order valence-electron chi connectivity index (χ1n) is 9.03. The Labute approximate surface area is 155 Å². The number of fused-ring (bicyclic) bond motifs is 1. The molecule has 5 heteroatoms. The minimum atomic E-state index is 0.832. The van der Waals surface area contributed by atoms with Gasteiger partial charge in [-0.1, -0.05) is 29.8 Å². The van der Waals surface area contributed by atoms with Crippen LogP contribution in [0.3, 0.4) is 0 Å². The fourth-order valence-electron chi connectivity index (χ4n) is 3.68. The van der Waals surface area contributed by atoms with E-state index >= 15 is 0 Å². The molecule has 2 aromatic rings. The van der Waals surface area contributed by atoms with E-state index in [1.807, 2.05) is 6.92 Å². The number of halogens is 1. The summed E-state index contributed by atoms with van der Waals surface area (Å²) >= 11 is 6.37. The van der Waals surface area contributed by atoms with Gasteiger partial charge in [-0.05, 0) is 36.8 Å². The Kier molecular flexibility index (Phi) is 4.84. The van der Waals surface area contributed by atoms with Gasteiger partial charge in [-0.2, -0.15) is 0 Å². The Bertz CT molecular complexity index is 742. The second-order valence-corrected chi connectivity index (χ2v) is 7.25. The summed E-state index contributed by atoms with van der Waals surface area (Å²) in [7, 11) is 0. The van der Waals surface area contributed by atoms with E-state index in [1.54, 1.807) is 0 Å². The molecule has 0 radical (unpaired) electrons. The molecule has 1 N–H and O–H groups in total. The van der Waals surface area contributed by atoms with E-state index in [2.05, 4.69) is 62.5 Å². The summed E-state index contributed by atoms with van der Waals surface area (Å²) < 4.78 is 0. The summed E-state index contributed by atoms with van der Waals surface area (Å²) in [4.78, 5) is 7.42. The second-order valence-electron chi connectivity index (χ2n) is 6.85. The molecular weight excluding hydrogens is 332 g/mol. The van der Waals surface area contributed by atoms with Crippen LogP contribution in [0.15, 0.2) is 42.5 Å². The average Bonchev–Trinajstić information content (AvgIpc) is 2.65. The van der Waals surface area contributed by atoms with Gasteiger partial charge in [0.05, 0.1) is 18.0 Å². The third-order valence-corrected chi connectivity index (χ3v) is 5.56. The molecule has 25 heavy (non-hydrogen) atoms. The summed E-state index contributed by atoms with van der Waals surface area (Å²) in [5, 5.41) is 4.26. The Morgan fingerprint density at radius 2 is 1.72 bits per heavy atom. The summed E-state index contributed by atoms with van der Waals surface area (Å²) in [6.45, 7) is 9.46. The lowest BCUT2D eigenvalue weighted by atomic mass is 10.1. The highest BCUT2D eigenvalue weighted by Crippen LogP contribution is 2.38. The minimum Gasteiger partial charge on any atom is -0.355 e. The van der Waals surface area contributed by atoms with Crippen LogP contribution in [0.2, 0.25) is 5.02 Å². The molecule has 1 saturated heterocycles. The molecule has 2 aliphatic heterocycles. The number of rotatable bonds is 3. The number of benzene rings is 2. The molecule has 0 aliphatic carbocycles. The van der Waals surface area contributed by atoms with E-state index in [0.29, 0.717) is 0 Å². The van der Waals surface area contributed by atoms with E-state index in [9.17, 15) is 0 Å².